The van der Waals surface area contributed by atoms with Gasteiger partial charge in [0, 0.05) is 6.42 Å². The first-order valence-corrected chi connectivity index (χ1v) is 6.77. The minimum Gasteiger partial charge on any atom is -0.444 e. The first kappa shape index (κ1) is 14.5. The predicted molar refractivity (Wildman–Crippen MR) is 73.3 cm³/mol. The fourth-order valence-corrected chi connectivity index (χ4v) is 2.22. The maximum Gasteiger partial charge on any atom is 0.414 e. The largest absolute Gasteiger partial charge is 0.444 e. The number of amides is 1. The molecule has 0 saturated carbocycles. The highest BCUT2D eigenvalue weighted by atomic mass is 19.1. The van der Waals surface area contributed by atoms with Crippen molar-refractivity contribution in [3.63, 3.8) is 0 Å². The Morgan fingerprint density at radius 1 is 1.50 bits per heavy atom. The fourth-order valence-electron chi connectivity index (χ4n) is 2.22. The Bertz CT molecular complexity index is 530. The van der Waals surface area contributed by atoms with Gasteiger partial charge < -0.3 is 9.53 Å². The topological polar surface area (TPSA) is 46.6 Å². The van der Waals surface area contributed by atoms with Gasteiger partial charge in [0.25, 0.3) is 0 Å². The molecular weight excluding hydrogens is 261 g/mol. The van der Waals surface area contributed by atoms with Crippen molar-refractivity contribution in [3.8, 4) is 0 Å². The Balaban J connectivity index is 2.09. The van der Waals surface area contributed by atoms with Crippen LogP contribution in [0.3, 0.4) is 0 Å². The van der Waals surface area contributed by atoms with E-state index in [1.165, 1.54) is 17.9 Å². The van der Waals surface area contributed by atoms with Crippen molar-refractivity contribution in [2.24, 2.45) is 0 Å². The van der Waals surface area contributed by atoms with Crippen LogP contribution in [0.1, 0.15) is 32.3 Å². The third-order valence-corrected chi connectivity index (χ3v) is 3.40. The zero-order valence-electron chi connectivity index (χ0n) is 11.7. The molecule has 0 aromatic heterocycles. The number of benzene rings is 1. The molecule has 2 rings (SSSR count). The number of carbonyl (C=O) groups is 2. The number of nitrogens with zero attached hydrogens (tertiary/aromatic N) is 1. The summed E-state index contributed by atoms with van der Waals surface area (Å²) in [6.45, 7) is 3.72. The SMILES string of the molecule is CCc1ccc(N2CC(CCC(C)=O)OC2=O)c(F)c1. The van der Waals surface area contributed by atoms with Crippen LogP contribution in [-0.4, -0.2) is 24.5 Å². The summed E-state index contributed by atoms with van der Waals surface area (Å²) in [5, 5.41) is 0. The lowest BCUT2D eigenvalue weighted by Gasteiger charge is -2.14. The van der Waals surface area contributed by atoms with Crippen LogP contribution in [0.2, 0.25) is 0 Å². The molecule has 1 aliphatic rings. The normalized spacial score (nSPS) is 18.2. The van der Waals surface area contributed by atoms with Gasteiger partial charge in [0.1, 0.15) is 17.7 Å². The number of aryl methyl sites for hydroxylation is 1. The molecule has 0 bridgehead atoms. The summed E-state index contributed by atoms with van der Waals surface area (Å²) in [7, 11) is 0. The van der Waals surface area contributed by atoms with E-state index in [1.54, 1.807) is 12.1 Å². The van der Waals surface area contributed by atoms with Crippen LogP contribution in [0.25, 0.3) is 0 Å². The molecule has 1 aliphatic heterocycles. The third-order valence-electron chi connectivity index (χ3n) is 3.40. The molecule has 0 N–H and O–H groups in total. The Kier molecular flexibility index (Phi) is 4.37. The second-order valence-electron chi connectivity index (χ2n) is 5.00. The monoisotopic (exact) mass is 279 g/mol. The Morgan fingerprint density at radius 3 is 2.85 bits per heavy atom. The number of Topliss-reactive ketones (excluding diaryl/α,β-unsaturated/α-hetero) is 1. The number of ether oxygens (including phenoxy) is 1. The van der Waals surface area contributed by atoms with Crippen molar-refractivity contribution < 1.29 is 18.7 Å². The van der Waals surface area contributed by atoms with Crippen molar-refractivity contribution in [1.82, 2.24) is 0 Å². The Hall–Kier alpha value is -1.91. The molecule has 0 aliphatic carbocycles. The first-order valence-electron chi connectivity index (χ1n) is 6.77. The number of ketones is 1. The molecule has 1 saturated heterocycles. The van der Waals surface area contributed by atoms with Gasteiger partial charge in [-0.05, 0) is 37.5 Å². The van der Waals surface area contributed by atoms with E-state index in [-0.39, 0.29) is 24.1 Å². The smallest absolute Gasteiger partial charge is 0.414 e. The van der Waals surface area contributed by atoms with Crippen LogP contribution in [0.15, 0.2) is 18.2 Å². The molecular formula is C15H18FNO3. The van der Waals surface area contributed by atoms with Gasteiger partial charge in [-0.2, -0.15) is 0 Å². The quantitative estimate of drug-likeness (QED) is 0.832. The molecule has 1 amide bonds. The molecule has 1 aromatic carbocycles. The zero-order chi connectivity index (χ0) is 14.7. The van der Waals surface area contributed by atoms with E-state index in [1.807, 2.05) is 6.92 Å². The van der Waals surface area contributed by atoms with Crippen LogP contribution in [0.5, 0.6) is 0 Å². The van der Waals surface area contributed by atoms with Crippen LogP contribution < -0.4 is 4.90 Å². The minimum atomic E-state index is -0.554. The fraction of sp³-hybridized carbons (Fsp3) is 0.467. The average molecular weight is 279 g/mol. The standard InChI is InChI=1S/C15H18FNO3/c1-3-11-5-7-14(13(16)8-11)17-9-12(20-15(17)19)6-4-10(2)18/h5,7-8,12H,3-4,6,9H2,1-2H3. The van der Waals surface area contributed by atoms with Gasteiger partial charge in [-0.3, -0.25) is 4.90 Å². The lowest BCUT2D eigenvalue weighted by atomic mass is 10.1. The molecule has 0 radical (unpaired) electrons. The van der Waals surface area contributed by atoms with Gasteiger partial charge in [-0.15, -0.1) is 0 Å². The maximum atomic E-state index is 14.0. The average Bonchev–Trinajstić information content (AvgIpc) is 2.77. The summed E-state index contributed by atoms with van der Waals surface area (Å²) >= 11 is 0. The zero-order valence-corrected chi connectivity index (χ0v) is 11.7. The summed E-state index contributed by atoms with van der Waals surface area (Å²) in [6.07, 6.45) is 0.677. The highest BCUT2D eigenvalue weighted by Gasteiger charge is 2.33. The highest BCUT2D eigenvalue weighted by Crippen LogP contribution is 2.27. The van der Waals surface area contributed by atoms with Gasteiger partial charge in [-0.1, -0.05) is 13.0 Å². The first-order chi connectivity index (χ1) is 9.51. The van der Waals surface area contributed by atoms with Gasteiger partial charge in [0.15, 0.2) is 0 Å². The number of hydrogen-bond acceptors (Lipinski definition) is 3. The molecule has 1 unspecified atom stereocenters. The lowest BCUT2D eigenvalue weighted by Crippen LogP contribution is -2.25. The molecule has 20 heavy (non-hydrogen) atoms. The minimum absolute atomic E-state index is 0.0537. The van der Waals surface area contributed by atoms with Gasteiger partial charge in [-0.25, -0.2) is 9.18 Å². The van der Waals surface area contributed by atoms with Crippen LogP contribution in [0, 0.1) is 5.82 Å². The maximum absolute atomic E-state index is 14.0. The van der Waals surface area contributed by atoms with E-state index in [0.29, 0.717) is 12.8 Å². The van der Waals surface area contributed by atoms with E-state index >= 15 is 0 Å². The van der Waals surface area contributed by atoms with Crippen molar-refractivity contribution in [2.75, 3.05) is 11.4 Å². The van der Waals surface area contributed by atoms with Crippen molar-refractivity contribution >= 4 is 17.6 Å². The van der Waals surface area contributed by atoms with E-state index in [9.17, 15) is 14.0 Å². The molecule has 1 aromatic rings. The van der Waals surface area contributed by atoms with E-state index in [2.05, 4.69) is 0 Å². The number of rotatable bonds is 5. The summed E-state index contributed by atoms with van der Waals surface area (Å²) in [6, 6.07) is 4.84. The van der Waals surface area contributed by atoms with Crippen LogP contribution >= 0.6 is 0 Å². The highest BCUT2D eigenvalue weighted by molar-refractivity contribution is 5.90. The molecule has 108 valence electrons. The van der Waals surface area contributed by atoms with E-state index < -0.39 is 11.9 Å². The van der Waals surface area contributed by atoms with Gasteiger partial charge in [0.05, 0.1) is 12.2 Å². The molecule has 1 heterocycles. The van der Waals surface area contributed by atoms with Crippen LogP contribution in [0.4, 0.5) is 14.9 Å². The third kappa shape index (κ3) is 3.15. The van der Waals surface area contributed by atoms with Gasteiger partial charge >= 0.3 is 6.09 Å². The number of carbonyl (C=O) groups excluding carboxylic acids is 2. The van der Waals surface area contributed by atoms with E-state index in [0.717, 1.165) is 12.0 Å². The van der Waals surface area contributed by atoms with Crippen LogP contribution in [-0.2, 0) is 16.0 Å². The number of hydrogen-bond donors (Lipinski definition) is 0. The Labute approximate surface area is 117 Å². The van der Waals surface area contributed by atoms with E-state index in [4.69, 9.17) is 4.74 Å². The van der Waals surface area contributed by atoms with Crippen molar-refractivity contribution in [2.45, 2.75) is 39.2 Å². The number of anilines is 1. The summed E-state index contributed by atoms with van der Waals surface area (Å²) in [5.41, 5.74) is 1.12. The number of cyclic esters (lactones) is 1. The predicted octanol–water partition coefficient (Wildman–Crippen LogP) is 3.08. The molecule has 5 heteroatoms. The van der Waals surface area contributed by atoms with Crippen molar-refractivity contribution in [3.05, 3.63) is 29.6 Å². The molecule has 1 fully saturated rings. The second kappa shape index (κ2) is 6.03. The number of halogens is 1. The molecule has 4 nitrogen and oxygen atoms in total. The van der Waals surface area contributed by atoms with Crippen molar-refractivity contribution in [1.29, 1.82) is 0 Å². The van der Waals surface area contributed by atoms with Gasteiger partial charge in [0.2, 0.25) is 0 Å². The molecule has 1 atom stereocenters. The summed E-state index contributed by atoms with van der Waals surface area (Å²) < 4.78 is 19.2. The second-order valence-corrected chi connectivity index (χ2v) is 5.00. The Morgan fingerprint density at radius 2 is 2.25 bits per heavy atom. The summed E-state index contributed by atoms with van der Waals surface area (Å²) in [4.78, 5) is 24.0. The summed E-state index contributed by atoms with van der Waals surface area (Å²) in [5.74, 6) is -0.369. The molecule has 0 spiro atoms. The lowest BCUT2D eigenvalue weighted by molar-refractivity contribution is -0.117.